The van der Waals surface area contributed by atoms with E-state index in [0.717, 1.165) is 5.56 Å². The lowest BCUT2D eigenvalue weighted by atomic mass is 10.2. The minimum Gasteiger partial charge on any atom is -0.346 e. The van der Waals surface area contributed by atoms with Crippen molar-refractivity contribution in [2.24, 2.45) is 0 Å². The van der Waals surface area contributed by atoms with Crippen LogP contribution in [-0.4, -0.2) is 12.7 Å². The Kier molecular flexibility index (Phi) is 2.98. The summed E-state index contributed by atoms with van der Waals surface area (Å²) in [4.78, 5) is 0. The molecule has 0 amide bonds. The van der Waals surface area contributed by atoms with E-state index in [-0.39, 0.29) is 12.4 Å². The fraction of sp³-hybridized carbons (Fsp3) is 0.400. The van der Waals surface area contributed by atoms with Gasteiger partial charge in [0.05, 0.1) is 17.7 Å². The van der Waals surface area contributed by atoms with Crippen LogP contribution in [0.4, 0.5) is 0 Å². The summed E-state index contributed by atoms with van der Waals surface area (Å²) in [5.74, 6) is 0. The summed E-state index contributed by atoms with van der Waals surface area (Å²) in [6.07, 6.45) is -0.235. The van der Waals surface area contributed by atoms with Gasteiger partial charge >= 0.3 is 0 Å². The van der Waals surface area contributed by atoms with Crippen LogP contribution in [-0.2, 0) is 9.47 Å². The molecule has 1 aromatic rings. The summed E-state index contributed by atoms with van der Waals surface area (Å²) in [5, 5.41) is 1.20. The van der Waals surface area contributed by atoms with Crippen molar-refractivity contribution >= 4 is 23.2 Å². The molecule has 0 saturated carbocycles. The van der Waals surface area contributed by atoms with Crippen LogP contribution in [0, 0.1) is 0 Å². The Bertz CT molecular complexity index is 341. The average Bonchev–Trinajstić information content (AvgIpc) is 2.51. The molecule has 76 valence electrons. The van der Waals surface area contributed by atoms with Gasteiger partial charge in [-0.15, -0.1) is 0 Å². The average molecular weight is 233 g/mol. The fourth-order valence-corrected chi connectivity index (χ4v) is 1.87. The Morgan fingerprint density at radius 2 is 2.14 bits per heavy atom. The van der Waals surface area contributed by atoms with E-state index in [1.54, 1.807) is 12.1 Å². The van der Waals surface area contributed by atoms with Gasteiger partial charge in [0.15, 0.2) is 6.29 Å². The molecule has 1 aromatic carbocycles. The maximum atomic E-state index is 6.01. The number of benzene rings is 1. The smallest absolute Gasteiger partial charge is 0.185 e. The van der Waals surface area contributed by atoms with E-state index in [1.807, 2.05) is 13.0 Å². The second-order valence-corrected chi connectivity index (χ2v) is 4.12. The van der Waals surface area contributed by atoms with Gasteiger partial charge in [-0.3, -0.25) is 0 Å². The van der Waals surface area contributed by atoms with Crippen molar-refractivity contribution < 1.29 is 9.47 Å². The molecule has 0 spiro atoms. The highest BCUT2D eigenvalue weighted by Gasteiger charge is 2.25. The lowest BCUT2D eigenvalue weighted by Gasteiger charge is -2.11. The van der Waals surface area contributed by atoms with Gasteiger partial charge in [-0.1, -0.05) is 29.3 Å². The third kappa shape index (κ3) is 2.04. The first-order valence-electron chi connectivity index (χ1n) is 4.39. The Balaban J connectivity index is 2.24. The molecule has 0 aliphatic carbocycles. The summed E-state index contributed by atoms with van der Waals surface area (Å²) in [5.41, 5.74) is 0.834. The quantitative estimate of drug-likeness (QED) is 0.739. The molecule has 0 bridgehead atoms. The SMILES string of the molecule is C[C@@H]1CO[C@@H](c2ccc(Cl)cc2Cl)O1. The van der Waals surface area contributed by atoms with Gasteiger partial charge in [-0.05, 0) is 19.1 Å². The highest BCUT2D eigenvalue weighted by atomic mass is 35.5. The van der Waals surface area contributed by atoms with E-state index >= 15 is 0 Å². The number of hydrogen-bond donors (Lipinski definition) is 0. The third-order valence-electron chi connectivity index (χ3n) is 2.05. The van der Waals surface area contributed by atoms with Crippen molar-refractivity contribution in [3.8, 4) is 0 Å². The second-order valence-electron chi connectivity index (χ2n) is 3.28. The predicted octanol–water partition coefficient (Wildman–Crippen LogP) is 3.43. The second kappa shape index (κ2) is 4.07. The Morgan fingerprint density at radius 3 is 2.71 bits per heavy atom. The molecule has 14 heavy (non-hydrogen) atoms. The normalized spacial score (nSPS) is 26.8. The number of halogens is 2. The third-order valence-corrected chi connectivity index (χ3v) is 2.62. The molecular weight excluding hydrogens is 223 g/mol. The fourth-order valence-electron chi connectivity index (χ4n) is 1.37. The molecule has 1 aliphatic heterocycles. The van der Waals surface area contributed by atoms with Gasteiger partial charge in [0.25, 0.3) is 0 Å². The zero-order valence-corrected chi connectivity index (χ0v) is 9.18. The largest absolute Gasteiger partial charge is 0.346 e. The van der Waals surface area contributed by atoms with Crippen molar-refractivity contribution in [3.63, 3.8) is 0 Å². The van der Waals surface area contributed by atoms with E-state index in [9.17, 15) is 0 Å². The Morgan fingerprint density at radius 1 is 1.36 bits per heavy atom. The molecule has 2 atom stereocenters. The monoisotopic (exact) mass is 232 g/mol. The highest BCUT2D eigenvalue weighted by Crippen LogP contribution is 2.32. The van der Waals surface area contributed by atoms with E-state index in [0.29, 0.717) is 16.7 Å². The van der Waals surface area contributed by atoms with Crippen LogP contribution >= 0.6 is 23.2 Å². The van der Waals surface area contributed by atoms with Crippen LogP contribution in [0.3, 0.4) is 0 Å². The van der Waals surface area contributed by atoms with Gasteiger partial charge in [0, 0.05) is 10.6 Å². The van der Waals surface area contributed by atoms with Crippen LogP contribution in [0.1, 0.15) is 18.8 Å². The van der Waals surface area contributed by atoms with Crippen LogP contribution in [0.15, 0.2) is 18.2 Å². The molecule has 0 N–H and O–H groups in total. The van der Waals surface area contributed by atoms with Gasteiger partial charge in [-0.2, -0.15) is 0 Å². The lowest BCUT2D eigenvalue weighted by molar-refractivity contribution is -0.0571. The van der Waals surface area contributed by atoms with E-state index in [1.165, 1.54) is 0 Å². The molecule has 2 nitrogen and oxygen atoms in total. The molecule has 1 fully saturated rings. The summed E-state index contributed by atoms with van der Waals surface area (Å²) in [6, 6.07) is 5.29. The summed E-state index contributed by atoms with van der Waals surface area (Å²) in [7, 11) is 0. The van der Waals surface area contributed by atoms with Crippen molar-refractivity contribution in [2.75, 3.05) is 6.61 Å². The Labute approximate surface area is 92.7 Å². The van der Waals surface area contributed by atoms with Crippen molar-refractivity contribution in [2.45, 2.75) is 19.3 Å². The van der Waals surface area contributed by atoms with E-state index in [4.69, 9.17) is 32.7 Å². The molecule has 4 heteroatoms. The number of rotatable bonds is 1. The van der Waals surface area contributed by atoms with Crippen LogP contribution in [0.25, 0.3) is 0 Å². The van der Waals surface area contributed by atoms with Gasteiger partial charge in [0.1, 0.15) is 0 Å². The summed E-state index contributed by atoms with van der Waals surface area (Å²) in [6.45, 7) is 2.56. The topological polar surface area (TPSA) is 18.5 Å². The van der Waals surface area contributed by atoms with E-state index < -0.39 is 0 Å². The molecule has 1 saturated heterocycles. The first-order valence-corrected chi connectivity index (χ1v) is 5.14. The lowest BCUT2D eigenvalue weighted by Crippen LogP contribution is -2.03. The number of ether oxygens (including phenoxy) is 2. The predicted molar refractivity (Wildman–Crippen MR) is 55.7 cm³/mol. The van der Waals surface area contributed by atoms with Crippen molar-refractivity contribution in [3.05, 3.63) is 33.8 Å². The standard InChI is InChI=1S/C10H10Cl2O2/c1-6-5-13-10(14-6)8-3-2-7(11)4-9(8)12/h2-4,6,10H,5H2,1H3/t6-,10-/m1/s1. The minimum absolute atomic E-state index is 0.117. The molecule has 1 aliphatic rings. The molecule has 0 aromatic heterocycles. The maximum Gasteiger partial charge on any atom is 0.185 e. The number of hydrogen-bond acceptors (Lipinski definition) is 2. The molecular formula is C10H10Cl2O2. The van der Waals surface area contributed by atoms with Crippen molar-refractivity contribution in [1.29, 1.82) is 0 Å². The highest BCUT2D eigenvalue weighted by molar-refractivity contribution is 6.35. The van der Waals surface area contributed by atoms with Gasteiger partial charge < -0.3 is 9.47 Å². The van der Waals surface area contributed by atoms with Gasteiger partial charge in [0.2, 0.25) is 0 Å². The molecule has 0 radical (unpaired) electrons. The minimum atomic E-state index is -0.352. The zero-order chi connectivity index (χ0) is 10.1. The van der Waals surface area contributed by atoms with E-state index in [2.05, 4.69) is 0 Å². The zero-order valence-electron chi connectivity index (χ0n) is 7.67. The van der Waals surface area contributed by atoms with Crippen LogP contribution < -0.4 is 0 Å². The van der Waals surface area contributed by atoms with Crippen LogP contribution in [0.5, 0.6) is 0 Å². The first kappa shape index (κ1) is 10.2. The Hall–Kier alpha value is -0.280. The maximum absolute atomic E-state index is 6.01. The molecule has 2 rings (SSSR count). The first-order chi connectivity index (χ1) is 6.66. The molecule has 1 heterocycles. The summed E-state index contributed by atoms with van der Waals surface area (Å²) < 4.78 is 10.9. The molecule has 0 unspecified atom stereocenters. The summed E-state index contributed by atoms with van der Waals surface area (Å²) >= 11 is 11.8. The van der Waals surface area contributed by atoms with Crippen molar-refractivity contribution in [1.82, 2.24) is 0 Å². The van der Waals surface area contributed by atoms with Gasteiger partial charge in [-0.25, -0.2) is 0 Å². The van der Waals surface area contributed by atoms with Crippen LogP contribution in [0.2, 0.25) is 10.0 Å².